The molecule has 2 aliphatic heterocycles. The molecule has 0 saturated heterocycles. The second-order valence-electron chi connectivity index (χ2n) is 7.96. The maximum atomic E-state index is 4.70. The number of aryl methyl sites for hydroxylation is 1. The van der Waals surface area contributed by atoms with E-state index in [-0.39, 0.29) is 17.5 Å². The molecule has 0 bridgehead atoms. The van der Waals surface area contributed by atoms with Crippen molar-refractivity contribution in [3.8, 4) is 0 Å². The zero-order valence-electron chi connectivity index (χ0n) is 16.5. The Kier molecular flexibility index (Phi) is 3.60. The van der Waals surface area contributed by atoms with E-state index in [1.807, 2.05) is 6.20 Å². The molecule has 5 rings (SSSR count). The highest BCUT2D eigenvalue weighted by atomic mass is 15.5. The van der Waals surface area contributed by atoms with Gasteiger partial charge in [-0.2, -0.15) is 0 Å². The van der Waals surface area contributed by atoms with E-state index in [9.17, 15) is 0 Å². The topological polar surface area (TPSA) is 32.3 Å². The molecular weight excluding hydrogens is 344 g/mol. The van der Waals surface area contributed by atoms with Crippen LogP contribution >= 0.6 is 0 Å². The van der Waals surface area contributed by atoms with Crippen LogP contribution in [0.1, 0.15) is 25.0 Å². The lowest BCUT2D eigenvalue weighted by atomic mass is 9.67. The van der Waals surface area contributed by atoms with Crippen LogP contribution in [0.25, 0.3) is 0 Å². The van der Waals surface area contributed by atoms with Crippen LogP contribution in [-0.4, -0.2) is 16.1 Å². The van der Waals surface area contributed by atoms with E-state index in [0.717, 1.165) is 11.5 Å². The quantitative estimate of drug-likeness (QED) is 0.560. The van der Waals surface area contributed by atoms with Gasteiger partial charge >= 0.3 is 0 Å². The SMILES string of the molecule is C=CC1(C)c2ccccc2N2c3ncncc3N(c3ccccc3C)C2C1C. The Hall–Kier alpha value is -3.14. The van der Waals surface area contributed by atoms with E-state index >= 15 is 0 Å². The third-order valence-corrected chi connectivity index (χ3v) is 6.63. The number of hydrogen-bond donors (Lipinski definition) is 0. The van der Waals surface area contributed by atoms with Crippen molar-refractivity contribution in [3.63, 3.8) is 0 Å². The highest BCUT2D eigenvalue weighted by Crippen LogP contribution is 2.57. The molecule has 0 aliphatic carbocycles. The molecule has 140 valence electrons. The molecule has 28 heavy (non-hydrogen) atoms. The Morgan fingerprint density at radius 2 is 1.71 bits per heavy atom. The van der Waals surface area contributed by atoms with Crippen molar-refractivity contribution in [1.29, 1.82) is 0 Å². The Morgan fingerprint density at radius 1 is 1.00 bits per heavy atom. The average Bonchev–Trinajstić information content (AvgIpc) is 3.07. The van der Waals surface area contributed by atoms with Crippen LogP contribution in [0, 0.1) is 12.8 Å². The number of fused-ring (bicyclic) bond motifs is 5. The van der Waals surface area contributed by atoms with Crippen LogP contribution < -0.4 is 9.80 Å². The third kappa shape index (κ3) is 2.06. The summed E-state index contributed by atoms with van der Waals surface area (Å²) in [5.41, 5.74) is 5.84. The van der Waals surface area contributed by atoms with E-state index in [2.05, 4.69) is 96.7 Å². The lowest BCUT2D eigenvalue weighted by Crippen LogP contribution is -2.54. The third-order valence-electron chi connectivity index (χ3n) is 6.63. The van der Waals surface area contributed by atoms with Gasteiger partial charge in [0.05, 0.1) is 6.20 Å². The van der Waals surface area contributed by atoms with Crippen molar-refractivity contribution in [3.05, 3.63) is 84.8 Å². The molecule has 4 nitrogen and oxygen atoms in total. The lowest BCUT2D eigenvalue weighted by molar-refractivity contribution is 0.312. The van der Waals surface area contributed by atoms with Crippen molar-refractivity contribution < 1.29 is 0 Å². The van der Waals surface area contributed by atoms with Crippen LogP contribution in [0.2, 0.25) is 0 Å². The molecule has 0 N–H and O–H groups in total. The molecule has 0 fully saturated rings. The highest BCUT2D eigenvalue weighted by Gasteiger charge is 2.52. The maximum absolute atomic E-state index is 4.70. The summed E-state index contributed by atoms with van der Waals surface area (Å²) in [6.07, 6.45) is 5.80. The van der Waals surface area contributed by atoms with Gasteiger partial charge in [-0.25, -0.2) is 9.97 Å². The molecule has 2 aromatic carbocycles. The predicted octanol–water partition coefficient (Wildman–Crippen LogP) is 5.49. The number of benzene rings is 2. The summed E-state index contributed by atoms with van der Waals surface area (Å²) in [6.45, 7) is 11.0. The minimum Gasteiger partial charge on any atom is -0.315 e. The Balaban J connectivity index is 1.82. The van der Waals surface area contributed by atoms with E-state index in [0.29, 0.717) is 0 Å². The standard InChI is InChI=1S/C24H24N4/c1-5-24(4)17(3)23-27(19-12-8-6-10-16(19)2)21-14-25-15-26-22(21)28(23)20-13-9-7-11-18(20)24/h5-15,17,23H,1H2,2-4H3. The molecular formula is C24H24N4. The summed E-state index contributed by atoms with van der Waals surface area (Å²) in [7, 11) is 0. The van der Waals surface area contributed by atoms with Crippen LogP contribution in [0.4, 0.5) is 22.9 Å². The molecule has 3 unspecified atom stereocenters. The molecule has 0 spiro atoms. The number of allylic oxidation sites excluding steroid dienone is 1. The molecule has 0 amide bonds. The Labute approximate surface area is 166 Å². The van der Waals surface area contributed by atoms with Gasteiger partial charge in [0, 0.05) is 22.7 Å². The van der Waals surface area contributed by atoms with Crippen LogP contribution in [0.15, 0.2) is 73.7 Å². The summed E-state index contributed by atoms with van der Waals surface area (Å²) < 4.78 is 0. The number of rotatable bonds is 2. The van der Waals surface area contributed by atoms with E-state index in [4.69, 9.17) is 4.98 Å². The van der Waals surface area contributed by atoms with Gasteiger partial charge in [-0.1, -0.05) is 56.3 Å². The number of nitrogens with zero attached hydrogens (tertiary/aromatic N) is 4. The summed E-state index contributed by atoms with van der Waals surface area (Å²) in [4.78, 5) is 13.9. The number of aromatic nitrogens is 2. The largest absolute Gasteiger partial charge is 0.315 e. The molecule has 3 heterocycles. The molecule has 4 heteroatoms. The van der Waals surface area contributed by atoms with Crippen molar-refractivity contribution in [2.75, 3.05) is 9.80 Å². The highest BCUT2D eigenvalue weighted by molar-refractivity contribution is 5.88. The zero-order chi connectivity index (χ0) is 19.5. The summed E-state index contributed by atoms with van der Waals surface area (Å²) >= 11 is 0. The van der Waals surface area contributed by atoms with Gasteiger partial charge in [-0.05, 0) is 30.2 Å². The fraction of sp³-hybridized carbons (Fsp3) is 0.250. The van der Waals surface area contributed by atoms with Crippen molar-refractivity contribution in [2.24, 2.45) is 5.92 Å². The van der Waals surface area contributed by atoms with Crippen LogP contribution in [0.3, 0.4) is 0 Å². The second-order valence-corrected chi connectivity index (χ2v) is 7.96. The first-order valence-electron chi connectivity index (χ1n) is 9.75. The number of para-hydroxylation sites is 2. The minimum absolute atomic E-state index is 0.102. The maximum Gasteiger partial charge on any atom is 0.162 e. The number of anilines is 4. The van der Waals surface area contributed by atoms with Crippen molar-refractivity contribution in [1.82, 2.24) is 9.97 Å². The summed E-state index contributed by atoms with van der Waals surface area (Å²) in [6, 6.07) is 17.2. The zero-order valence-corrected chi connectivity index (χ0v) is 16.5. The molecule has 1 aromatic heterocycles. The van der Waals surface area contributed by atoms with Crippen LogP contribution in [-0.2, 0) is 5.41 Å². The van der Waals surface area contributed by atoms with Crippen molar-refractivity contribution >= 4 is 22.9 Å². The Bertz CT molecular complexity index is 1080. The first kappa shape index (κ1) is 17.0. The van der Waals surface area contributed by atoms with Crippen molar-refractivity contribution in [2.45, 2.75) is 32.4 Å². The summed E-state index contributed by atoms with van der Waals surface area (Å²) in [5.74, 6) is 1.25. The van der Waals surface area contributed by atoms with Gasteiger partial charge in [0.1, 0.15) is 18.2 Å². The second kappa shape index (κ2) is 5.93. The fourth-order valence-electron chi connectivity index (χ4n) is 4.85. The molecule has 3 aromatic rings. The molecule has 3 atom stereocenters. The normalized spacial score (nSPS) is 25.1. The first-order valence-corrected chi connectivity index (χ1v) is 9.75. The fourth-order valence-corrected chi connectivity index (χ4v) is 4.85. The van der Waals surface area contributed by atoms with Gasteiger partial charge in [0.15, 0.2) is 5.82 Å². The molecule has 0 saturated carbocycles. The Morgan fingerprint density at radius 3 is 2.46 bits per heavy atom. The average molecular weight is 368 g/mol. The van der Waals surface area contributed by atoms with E-state index in [1.54, 1.807) is 6.33 Å². The van der Waals surface area contributed by atoms with Gasteiger partial charge in [-0.15, -0.1) is 6.58 Å². The van der Waals surface area contributed by atoms with E-state index in [1.165, 1.54) is 22.5 Å². The monoisotopic (exact) mass is 368 g/mol. The van der Waals surface area contributed by atoms with Gasteiger partial charge in [0.2, 0.25) is 0 Å². The predicted molar refractivity (Wildman–Crippen MR) is 114 cm³/mol. The van der Waals surface area contributed by atoms with E-state index < -0.39 is 0 Å². The van der Waals surface area contributed by atoms with Gasteiger partial charge in [0.25, 0.3) is 0 Å². The first-order chi connectivity index (χ1) is 13.6. The van der Waals surface area contributed by atoms with Gasteiger partial charge < -0.3 is 9.80 Å². The minimum atomic E-state index is -0.145. The smallest absolute Gasteiger partial charge is 0.162 e. The number of hydrogen-bond acceptors (Lipinski definition) is 4. The van der Waals surface area contributed by atoms with Crippen LogP contribution in [0.5, 0.6) is 0 Å². The lowest BCUT2D eigenvalue weighted by Gasteiger charge is -2.50. The molecule has 2 aliphatic rings. The van der Waals surface area contributed by atoms with Gasteiger partial charge in [-0.3, -0.25) is 0 Å². The summed E-state index contributed by atoms with van der Waals surface area (Å²) in [5, 5.41) is 0. The molecule has 0 radical (unpaired) electrons.